The number of rotatable bonds is 2. The summed E-state index contributed by atoms with van der Waals surface area (Å²) in [5.74, 6) is 0. The fourth-order valence-electron chi connectivity index (χ4n) is 0.551. The second-order valence-electron chi connectivity index (χ2n) is 1.66. The second-order valence-corrected chi connectivity index (χ2v) is 2.61. The molecule has 2 nitrogen and oxygen atoms in total. The first-order chi connectivity index (χ1) is 4.34. The third-order valence-corrected chi connectivity index (χ3v) is 1.95. The third kappa shape index (κ3) is 1.37. The number of nitrogens with two attached hydrogens (primary N) is 1. The molecular formula is C6H8N2S. The molecular weight excluding hydrogens is 132 g/mol. The van der Waals surface area contributed by atoms with Gasteiger partial charge in [-0.15, -0.1) is 11.3 Å². The van der Waals surface area contributed by atoms with Crippen LogP contribution in [0.1, 0.15) is 4.88 Å². The second kappa shape index (κ2) is 2.75. The summed E-state index contributed by atoms with van der Waals surface area (Å²) in [6.45, 7) is 0.334. The molecule has 3 heteroatoms. The van der Waals surface area contributed by atoms with E-state index in [9.17, 15) is 0 Å². The minimum atomic E-state index is 0.334. The molecule has 0 saturated heterocycles. The van der Waals surface area contributed by atoms with E-state index in [0.29, 0.717) is 12.3 Å². The lowest BCUT2D eigenvalue weighted by atomic mass is 10.3. The zero-order valence-corrected chi connectivity index (χ0v) is 5.74. The fourth-order valence-corrected chi connectivity index (χ4v) is 1.24. The maximum atomic E-state index is 7.28. The van der Waals surface area contributed by atoms with Crippen molar-refractivity contribution < 1.29 is 0 Å². The van der Waals surface area contributed by atoms with Gasteiger partial charge in [-0.25, -0.2) is 0 Å². The lowest BCUT2D eigenvalue weighted by Crippen LogP contribution is -2.11. The van der Waals surface area contributed by atoms with Crippen LogP contribution < -0.4 is 5.73 Å². The molecule has 1 heterocycles. The van der Waals surface area contributed by atoms with Crippen LogP contribution in [-0.4, -0.2) is 12.3 Å². The van der Waals surface area contributed by atoms with Gasteiger partial charge in [-0.2, -0.15) is 0 Å². The van der Waals surface area contributed by atoms with Gasteiger partial charge in [-0.3, -0.25) is 0 Å². The monoisotopic (exact) mass is 140 g/mol. The fraction of sp³-hybridized carbons (Fsp3) is 0.167. The average Bonchev–Trinajstić information content (AvgIpc) is 2.37. The predicted octanol–water partition coefficient (Wildman–Crippen LogP) is 1.07. The molecule has 0 aromatic carbocycles. The van der Waals surface area contributed by atoms with E-state index in [1.807, 2.05) is 17.5 Å². The number of thiophene rings is 1. The highest BCUT2D eigenvalue weighted by Gasteiger charge is 1.96. The summed E-state index contributed by atoms with van der Waals surface area (Å²) >= 11 is 1.55. The molecule has 1 aromatic heterocycles. The van der Waals surface area contributed by atoms with Crippen LogP contribution in [0, 0.1) is 5.41 Å². The van der Waals surface area contributed by atoms with Crippen molar-refractivity contribution in [2.24, 2.45) is 5.73 Å². The van der Waals surface area contributed by atoms with Gasteiger partial charge < -0.3 is 11.1 Å². The summed E-state index contributed by atoms with van der Waals surface area (Å²) in [5.41, 5.74) is 5.76. The summed E-state index contributed by atoms with van der Waals surface area (Å²) < 4.78 is 0. The summed E-state index contributed by atoms with van der Waals surface area (Å²) in [6.07, 6.45) is 0. The van der Waals surface area contributed by atoms with Gasteiger partial charge in [0.15, 0.2) is 0 Å². The van der Waals surface area contributed by atoms with Crippen molar-refractivity contribution in [1.29, 1.82) is 5.41 Å². The highest BCUT2D eigenvalue weighted by molar-refractivity contribution is 7.12. The highest BCUT2D eigenvalue weighted by Crippen LogP contribution is 2.07. The standard InChI is InChI=1S/C6H8N2S/c7-4-5(8)6-2-1-3-9-6/h1-3,8H,4,7H2. The van der Waals surface area contributed by atoms with Crippen LogP contribution in [-0.2, 0) is 0 Å². The molecule has 0 radical (unpaired) electrons. The molecule has 0 aliphatic heterocycles. The van der Waals surface area contributed by atoms with Gasteiger partial charge in [-0.1, -0.05) is 6.07 Å². The minimum Gasteiger partial charge on any atom is -0.325 e. The molecule has 1 rings (SSSR count). The Kier molecular flexibility index (Phi) is 1.97. The van der Waals surface area contributed by atoms with Gasteiger partial charge in [0.05, 0.1) is 5.71 Å². The Bertz CT molecular complexity index is 191. The van der Waals surface area contributed by atoms with Gasteiger partial charge in [0, 0.05) is 11.4 Å². The maximum absolute atomic E-state index is 7.28. The van der Waals surface area contributed by atoms with Crippen LogP contribution in [0.15, 0.2) is 17.5 Å². The Morgan fingerprint density at radius 1 is 1.78 bits per heavy atom. The average molecular weight is 140 g/mol. The molecule has 0 aliphatic carbocycles. The van der Waals surface area contributed by atoms with Crippen LogP contribution in [0.4, 0.5) is 0 Å². The Labute approximate surface area is 57.8 Å². The molecule has 0 amide bonds. The van der Waals surface area contributed by atoms with Crippen LogP contribution in [0.2, 0.25) is 0 Å². The van der Waals surface area contributed by atoms with Gasteiger partial charge >= 0.3 is 0 Å². The first-order valence-corrected chi connectivity index (χ1v) is 3.54. The Balaban J connectivity index is 2.77. The van der Waals surface area contributed by atoms with Crippen molar-refractivity contribution in [3.8, 4) is 0 Å². The van der Waals surface area contributed by atoms with Gasteiger partial charge in [-0.05, 0) is 11.4 Å². The molecule has 0 unspecified atom stereocenters. The lowest BCUT2D eigenvalue weighted by molar-refractivity contribution is 1.27. The van der Waals surface area contributed by atoms with Crippen LogP contribution >= 0.6 is 11.3 Å². The summed E-state index contributed by atoms with van der Waals surface area (Å²) in [5, 5.41) is 9.22. The number of nitrogens with one attached hydrogen (secondary N) is 1. The lowest BCUT2D eigenvalue weighted by Gasteiger charge is -1.91. The van der Waals surface area contributed by atoms with E-state index < -0.39 is 0 Å². The van der Waals surface area contributed by atoms with Crippen molar-refractivity contribution in [2.45, 2.75) is 0 Å². The van der Waals surface area contributed by atoms with E-state index in [1.165, 1.54) is 0 Å². The maximum Gasteiger partial charge on any atom is 0.0621 e. The SMILES string of the molecule is N=C(CN)c1cccs1. The smallest absolute Gasteiger partial charge is 0.0621 e. The minimum absolute atomic E-state index is 0.334. The molecule has 0 atom stereocenters. The third-order valence-electron chi connectivity index (χ3n) is 1.02. The van der Waals surface area contributed by atoms with E-state index in [-0.39, 0.29) is 0 Å². The quantitative estimate of drug-likeness (QED) is 0.593. The first-order valence-electron chi connectivity index (χ1n) is 2.66. The van der Waals surface area contributed by atoms with Gasteiger partial charge in [0.2, 0.25) is 0 Å². The van der Waals surface area contributed by atoms with Crippen molar-refractivity contribution in [3.05, 3.63) is 22.4 Å². The van der Waals surface area contributed by atoms with Crippen LogP contribution in [0.25, 0.3) is 0 Å². The van der Waals surface area contributed by atoms with E-state index in [4.69, 9.17) is 11.1 Å². The predicted molar refractivity (Wildman–Crippen MR) is 40.2 cm³/mol. The molecule has 0 saturated carbocycles. The largest absolute Gasteiger partial charge is 0.325 e. The number of hydrogen-bond acceptors (Lipinski definition) is 3. The Morgan fingerprint density at radius 3 is 3.00 bits per heavy atom. The summed E-state index contributed by atoms with van der Waals surface area (Å²) in [6, 6.07) is 3.82. The molecule has 1 aromatic rings. The molecule has 0 bridgehead atoms. The van der Waals surface area contributed by atoms with Crippen molar-refractivity contribution in [1.82, 2.24) is 0 Å². The van der Waals surface area contributed by atoms with Gasteiger partial charge in [0.1, 0.15) is 0 Å². The molecule has 48 valence electrons. The van der Waals surface area contributed by atoms with E-state index in [0.717, 1.165) is 4.88 Å². The van der Waals surface area contributed by atoms with E-state index in [1.54, 1.807) is 11.3 Å². The van der Waals surface area contributed by atoms with Gasteiger partial charge in [0.25, 0.3) is 0 Å². The Morgan fingerprint density at radius 2 is 2.56 bits per heavy atom. The zero-order valence-electron chi connectivity index (χ0n) is 4.92. The van der Waals surface area contributed by atoms with E-state index >= 15 is 0 Å². The Hall–Kier alpha value is -0.670. The number of hydrogen-bond donors (Lipinski definition) is 2. The van der Waals surface area contributed by atoms with Crippen molar-refractivity contribution in [2.75, 3.05) is 6.54 Å². The zero-order chi connectivity index (χ0) is 6.69. The normalized spacial score (nSPS) is 9.44. The highest BCUT2D eigenvalue weighted by atomic mass is 32.1. The molecule has 0 fully saturated rings. The molecule has 0 aliphatic rings. The van der Waals surface area contributed by atoms with Crippen LogP contribution in [0.3, 0.4) is 0 Å². The molecule has 3 N–H and O–H groups in total. The summed E-state index contributed by atoms with van der Waals surface area (Å²) in [4.78, 5) is 0.970. The summed E-state index contributed by atoms with van der Waals surface area (Å²) in [7, 11) is 0. The molecule has 9 heavy (non-hydrogen) atoms. The van der Waals surface area contributed by atoms with Crippen molar-refractivity contribution in [3.63, 3.8) is 0 Å². The topological polar surface area (TPSA) is 49.9 Å². The van der Waals surface area contributed by atoms with Crippen molar-refractivity contribution >= 4 is 17.0 Å². The van der Waals surface area contributed by atoms with Crippen LogP contribution in [0.5, 0.6) is 0 Å². The molecule has 0 spiro atoms. The first kappa shape index (κ1) is 6.45. The van der Waals surface area contributed by atoms with E-state index in [2.05, 4.69) is 0 Å².